The Hall–Kier alpha value is -1.48. The maximum Gasteiger partial charge on any atom is 0.270 e. The number of rotatable bonds is 2. The number of amides is 2. The first-order chi connectivity index (χ1) is 10.9. The maximum absolute atomic E-state index is 12.4. The van der Waals surface area contributed by atoms with Crippen LogP contribution in [-0.2, 0) is 19.4 Å². The predicted octanol–water partition coefficient (Wildman–Crippen LogP) is -1.03. The van der Waals surface area contributed by atoms with Crippen molar-refractivity contribution in [2.75, 3.05) is 37.7 Å². The van der Waals surface area contributed by atoms with Gasteiger partial charge >= 0.3 is 0 Å². The molecule has 0 atom stereocenters. The molecule has 0 aliphatic carbocycles. The molecular weight excluding hydrogens is 320 g/mol. The van der Waals surface area contributed by atoms with Crippen molar-refractivity contribution in [3.8, 4) is 0 Å². The van der Waals surface area contributed by atoms with Gasteiger partial charge < -0.3 is 4.90 Å². The van der Waals surface area contributed by atoms with E-state index in [1.165, 1.54) is 0 Å². The minimum Gasteiger partial charge on any atom is -0.335 e. The Morgan fingerprint density at radius 2 is 1.74 bits per heavy atom. The zero-order valence-corrected chi connectivity index (χ0v) is 13.8. The number of nitrogens with zero attached hydrogens (tertiary/aromatic N) is 3. The van der Waals surface area contributed by atoms with Crippen LogP contribution in [0.2, 0.25) is 0 Å². The van der Waals surface area contributed by atoms with Crippen molar-refractivity contribution >= 4 is 27.4 Å². The molecule has 3 aliphatic heterocycles. The van der Waals surface area contributed by atoms with Crippen LogP contribution in [0.5, 0.6) is 0 Å². The highest BCUT2D eigenvalue weighted by atomic mass is 32.2. The summed E-state index contributed by atoms with van der Waals surface area (Å²) in [7, 11) is -2.84. The quantitative estimate of drug-likeness (QED) is 0.692. The standard InChI is InChI=1S/C14H22N4O4S/c19-13-2-1-12(15-16-13)14(20)18-7-5-17(6-8-18)11-3-9-23(21,22)10-4-11/h11H,1-10H2,(H,16,19). The Balaban J connectivity index is 1.50. The molecule has 2 saturated heterocycles. The number of carbonyl (C=O) groups is 2. The van der Waals surface area contributed by atoms with Crippen LogP contribution >= 0.6 is 0 Å². The van der Waals surface area contributed by atoms with Gasteiger partial charge in [0.15, 0.2) is 0 Å². The van der Waals surface area contributed by atoms with E-state index in [0.717, 1.165) is 13.1 Å². The molecule has 0 aromatic carbocycles. The third-order valence-electron chi connectivity index (χ3n) is 4.79. The van der Waals surface area contributed by atoms with Gasteiger partial charge in [-0.2, -0.15) is 5.10 Å². The molecule has 8 nitrogen and oxygen atoms in total. The van der Waals surface area contributed by atoms with Gasteiger partial charge in [-0.25, -0.2) is 13.8 Å². The molecule has 2 fully saturated rings. The summed E-state index contributed by atoms with van der Waals surface area (Å²) >= 11 is 0. The molecule has 0 aromatic rings. The average Bonchev–Trinajstić information content (AvgIpc) is 2.55. The van der Waals surface area contributed by atoms with E-state index in [4.69, 9.17) is 0 Å². The Kier molecular flexibility index (Phi) is 4.67. The molecule has 0 bridgehead atoms. The monoisotopic (exact) mass is 342 g/mol. The van der Waals surface area contributed by atoms with Gasteiger partial charge in [-0.1, -0.05) is 0 Å². The molecule has 0 aromatic heterocycles. The number of nitrogens with one attached hydrogen (secondary N) is 1. The molecular formula is C14H22N4O4S. The normalized spacial score (nSPS) is 26.5. The minimum absolute atomic E-state index is 0.101. The predicted molar refractivity (Wildman–Crippen MR) is 84.6 cm³/mol. The summed E-state index contributed by atoms with van der Waals surface area (Å²) in [5.74, 6) is 0.287. The van der Waals surface area contributed by atoms with E-state index in [1.807, 2.05) is 0 Å². The van der Waals surface area contributed by atoms with Crippen molar-refractivity contribution in [2.45, 2.75) is 31.7 Å². The lowest BCUT2D eigenvalue weighted by Gasteiger charge is -2.40. The molecule has 2 amide bonds. The molecule has 3 rings (SSSR count). The summed E-state index contributed by atoms with van der Waals surface area (Å²) in [5, 5.41) is 3.86. The van der Waals surface area contributed by atoms with Crippen molar-refractivity contribution in [1.29, 1.82) is 0 Å². The Bertz CT molecular complexity index is 609. The van der Waals surface area contributed by atoms with Gasteiger partial charge in [-0.05, 0) is 12.8 Å². The molecule has 3 heterocycles. The summed E-state index contributed by atoms with van der Waals surface area (Å²) in [5.41, 5.74) is 2.77. The number of sulfone groups is 1. The Morgan fingerprint density at radius 1 is 1.09 bits per heavy atom. The van der Waals surface area contributed by atoms with Crippen LogP contribution < -0.4 is 5.43 Å². The molecule has 128 valence electrons. The molecule has 9 heteroatoms. The van der Waals surface area contributed by atoms with Crippen LogP contribution in [-0.4, -0.2) is 79.5 Å². The van der Waals surface area contributed by atoms with Gasteiger partial charge in [-0.15, -0.1) is 0 Å². The van der Waals surface area contributed by atoms with Gasteiger partial charge in [0.25, 0.3) is 5.91 Å². The van der Waals surface area contributed by atoms with E-state index in [1.54, 1.807) is 4.90 Å². The van der Waals surface area contributed by atoms with E-state index < -0.39 is 9.84 Å². The van der Waals surface area contributed by atoms with Crippen molar-refractivity contribution in [3.05, 3.63) is 0 Å². The molecule has 23 heavy (non-hydrogen) atoms. The van der Waals surface area contributed by atoms with Crippen molar-refractivity contribution in [3.63, 3.8) is 0 Å². The minimum atomic E-state index is -2.84. The molecule has 1 N–H and O–H groups in total. The number of hydrogen-bond donors (Lipinski definition) is 1. The van der Waals surface area contributed by atoms with Gasteiger partial charge in [0.05, 0.1) is 11.5 Å². The first-order valence-corrected chi connectivity index (χ1v) is 9.86. The topological polar surface area (TPSA) is 99.2 Å². The maximum atomic E-state index is 12.4. The highest BCUT2D eigenvalue weighted by molar-refractivity contribution is 7.91. The summed E-state index contributed by atoms with van der Waals surface area (Å²) in [6, 6.07) is 0.307. The highest BCUT2D eigenvalue weighted by Gasteiger charge is 2.32. The van der Waals surface area contributed by atoms with E-state index in [2.05, 4.69) is 15.4 Å². The third-order valence-corrected chi connectivity index (χ3v) is 6.51. The van der Waals surface area contributed by atoms with Crippen molar-refractivity contribution in [1.82, 2.24) is 15.2 Å². The number of piperazine rings is 1. The summed E-state index contributed by atoms with van der Waals surface area (Å²) < 4.78 is 23.0. The van der Waals surface area contributed by atoms with Crippen LogP contribution in [0.3, 0.4) is 0 Å². The zero-order valence-electron chi connectivity index (χ0n) is 13.0. The second-order valence-electron chi connectivity index (χ2n) is 6.30. The molecule has 0 spiro atoms. The largest absolute Gasteiger partial charge is 0.335 e. The van der Waals surface area contributed by atoms with E-state index >= 15 is 0 Å². The second kappa shape index (κ2) is 6.56. The highest BCUT2D eigenvalue weighted by Crippen LogP contribution is 2.20. The smallest absolute Gasteiger partial charge is 0.270 e. The lowest BCUT2D eigenvalue weighted by atomic mass is 10.1. The first kappa shape index (κ1) is 16.4. The van der Waals surface area contributed by atoms with E-state index in [-0.39, 0.29) is 23.3 Å². The van der Waals surface area contributed by atoms with Crippen LogP contribution in [0.1, 0.15) is 25.7 Å². The number of carbonyl (C=O) groups excluding carboxylic acids is 2. The van der Waals surface area contributed by atoms with E-state index in [9.17, 15) is 18.0 Å². The van der Waals surface area contributed by atoms with Gasteiger partial charge in [0.1, 0.15) is 15.5 Å². The number of hydrogen-bond acceptors (Lipinski definition) is 6. The molecule has 0 radical (unpaired) electrons. The zero-order chi connectivity index (χ0) is 16.4. The van der Waals surface area contributed by atoms with Gasteiger partial charge in [0.2, 0.25) is 5.91 Å². The van der Waals surface area contributed by atoms with Gasteiger partial charge in [-0.3, -0.25) is 14.5 Å². The summed E-state index contributed by atoms with van der Waals surface area (Å²) in [6.07, 6.45) is 2.08. The van der Waals surface area contributed by atoms with Crippen LogP contribution in [0.4, 0.5) is 0 Å². The van der Waals surface area contributed by atoms with Gasteiger partial charge in [0, 0.05) is 45.1 Å². The molecule has 3 aliphatic rings. The summed E-state index contributed by atoms with van der Waals surface area (Å²) in [6.45, 7) is 2.76. The summed E-state index contributed by atoms with van der Waals surface area (Å²) in [4.78, 5) is 27.5. The first-order valence-electron chi connectivity index (χ1n) is 8.04. The van der Waals surface area contributed by atoms with E-state index in [0.29, 0.717) is 50.5 Å². The van der Waals surface area contributed by atoms with Crippen LogP contribution in [0.25, 0.3) is 0 Å². The SMILES string of the molecule is O=C1CCC(C(=O)N2CCN(C3CCS(=O)(=O)CC3)CC2)=NN1. The van der Waals surface area contributed by atoms with Crippen molar-refractivity contribution in [2.24, 2.45) is 5.10 Å². The molecule has 0 unspecified atom stereocenters. The van der Waals surface area contributed by atoms with Crippen molar-refractivity contribution < 1.29 is 18.0 Å². The number of hydrazone groups is 1. The Morgan fingerprint density at radius 3 is 2.30 bits per heavy atom. The second-order valence-corrected chi connectivity index (χ2v) is 8.61. The average molecular weight is 342 g/mol. The van der Waals surface area contributed by atoms with Crippen LogP contribution in [0, 0.1) is 0 Å². The fourth-order valence-electron chi connectivity index (χ4n) is 3.34. The molecule has 0 saturated carbocycles. The fraction of sp³-hybridized carbons (Fsp3) is 0.786. The lowest BCUT2D eigenvalue weighted by molar-refractivity contribution is -0.126. The Labute approximate surface area is 135 Å². The fourth-order valence-corrected chi connectivity index (χ4v) is 4.81. The third kappa shape index (κ3) is 3.89. The lowest BCUT2D eigenvalue weighted by Crippen LogP contribution is -2.54. The van der Waals surface area contributed by atoms with Crippen LogP contribution in [0.15, 0.2) is 5.10 Å².